The first-order chi connectivity index (χ1) is 10.6. The van der Waals surface area contributed by atoms with E-state index in [1.165, 1.54) is 12.3 Å². The number of anilines is 1. The van der Waals surface area contributed by atoms with Gasteiger partial charge in [0, 0.05) is 12.6 Å². The number of hydrogen-bond acceptors (Lipinski definition) is 5. The van der Waals surface area contributed by atoms with Crippen molar-refractivity contribution in [1.29, 1.82) is 0 Å². The molecule has 3 heterocycles. The van der Waals surface area contributed by atoms with E-state index in [0.29, 0.717) is 16.8 Å². The number of halogens is 1. The first-order valence-electron chi connectivity index (χ1n) is 7.16. The molecule has 0 radical (unpaired) electrons. The van der Waals surface area contributed by atoms with Gasteiger partial charge in [0.05, 0.1) is 22.3 Å². The second-order valence-corrected chi connectivity index (χ2v) is 6.02. The van der Waals surface area contributed by atoms with E-state index >= 15 is 0 Å². The Kier molecular flexibility index (Phi) is 4.02. The lowest BCUT2D eigenvalue weighted by molar-refractivity contribution is -0.385. The van der Waals surface area contributed by atoms with Crippen LogP contribution in [-0.4, -0.2) is 16.5 Å². The summed E-state index contributed by atoms with van der Waals surface area (Å²) in [5.41, 5.74) is -0.103. The Hall–Kier alpha value is -2.08. The van der Waals surface area contributed by atoms with E-state index in [4.69, 9.17) is 16.0 Å². The monoisotopic (exact) mass is 321 g/mol. The van der Waals surface area contributed by atoms with Gasteiger partial charge in [-0.3, -0.25) is 10.1 Å². The Morgan fingerprint density at radius 2 is 2.36 bits per heavy atom. The van der Waals surface area contributed by atoms with E-state index in [1.54, 1.807) is 6.26 Å². The third kappa shape index (κ3) is 2.78. The molecule has 7 heteroatoms. The van der Waals surface area contributed by atoms with E-state index in [9.17, 15) is 10.1 Å². The Labute approximate surface area is 132 Å². The van der Waals surface area contributed by atoms with Crippen molar-refractivity contribution in [3.8, 4) is 0 Å². The van der Waals surface area contributed by atoms with Crippen LogP contribution in [0.1, 0.15) is 31.6 Å². The van der Waals surface area contributed by atoms with Crippen molar-refractivity contribution in [3.63, 3.8) is 0 Å². The number of rotatable bonds is 3. The summed E-state index contributed by atoms with van der Waals surface area (Å²) in [6.07, 6.45) is 4.85. The van der Waals surface area contributed by atoms with Crippen LogP contribution in [0.5, 0.6) is 0 Å². The van der Waals surface area contributed by atoms with Crippen LogP contribution in [0.15, 0.2) is 35.1 Å². The van der Waals surface area contributed by atoms with Gasteiger partial charge in [-0.25, -0.2) is 4.98 Å². The Morgan fingerprint density at radius 1 is 1.55 bits per heavy atom. The lowest BCUT2D eigenvalue weighted by Gasteiger charge is -2.38. The predicted octanol–water partition coefficient (Wildman–Crippen LogP) is 4.21. The molecule has 116 valence electrons. The molecule has 0 aliphatic carbocycles. The zero-order valence-electron chi connectivity index (χ0n) is 12.1. The molecule has 22 heavy (non-hydrogen) atoms. The minimum Gasteiger partial charge on any atom is -0.467 e. The maximum Gasteiger partial charge on any atom is 0.289 e. The van der Waals surface area contributed by atoms with Crippen molar-refractivity contribution in [2.45, 2.75) is 25.8 Å². The summed E-state index contributed by atoms with van der Waals surface area (Å²) in [5, 5.41) is 11.1. The molecule has 0 bridgehead atoms. The fourth-order valence-corrected chi connectivity index (χ4v) is 3.15. The third-order valence-corrected chi connectivity index (χ3v) is 4.30. The summed E-state index contributed by atoms with van der Waals surface area (Å²) in [6.45, 7) is 3.00. The highest BCUT2D eigenvalue weighted by Crippen LogP contribution is 2.39. The Balaban J connectivity index is 1.96. The number of aromatic nitrogens is 1. The average molecular weight is 322 g/mol. The molecule has 2 atom stereocenters. The molecule has 1 saturated heterocycles. The number of nitrogens with zero attached hydrogens (tertiary/aromatic N) is 3. The van der Waals surface area contributed by atoms with Crippen molar-refractivity contribution >= 4 is 23.1 Å². The van der Waals surface area contributed by atoms with Gasteiger partial charge >= 0.3 is 0 Å². The molecule has 0 spiro atoms. The standard InChI is InChI=1S/C15H16ClN3O3/c1-10-4-5-18(13(7-10)14-3-2-6-22-14)15-12(16)8-11(9-17-15)19(20)21/h2-3,6,8-10,13H,4-5,7H2,1H3/t10-,13+/m0/s1. The summed E-state index contributed by atoms with van der Waals surface area (Å²) in [6, 6.07) is 5.19. The number of furan rings is 1. The molecule has 1 aliphatic heterocycles. The lowest BCUT2D eigenvalue weighted by atomic mass is 9.91. The van der Waals surface area contributed by atoms with Gasteiger partial charge in [-0.2, -0.15) is 0 Å². The summed E-state index contributed by atoms with van der Waals surface area (Å²) in [5.74, 6) is 2.01. The molecule has 1 fully saturated rings. The molecule has 6 nitrogen and oxygen atoms in total. The summed E-state index contributed by atoms with van der Waals surface area (Å²) in [4.78, 5) is 16.6. The molecule has 1 aliphatic rings. The van der Waals surface area contributed by atoms with E-state index in [2.05, 4.69) is 16.8 Å². The Morgan fingerprint density at radius 3 is 3.00 bits per heavy atom. The van der Waals surface area contributed by atoms with E-state index in [-0.39, 0.29) is 11.7 Å². The minimum absolute atomic E-state index is 0.0465. The smallest absolute Gasteiger partial charge is 0.289 e. The number of piperidine rings is 1. The highest BCUT2D eigenvalue weighted by atomic mass is 35.5. The van der Waals surface area contributed by atoms with Gasteiger partial charge in [0.15, 0.2) is 0 Å². The molecule has 0 aromatic carbocycles. The first-order valence-corrected chi connectivity index (χ1v) is 7.54. The quantitative estimate of drug-likeness (QED) is 0.625. The van der Waals surface area contributed by atoms with Crippen LogP contribution < -0.4 is 4.90 Å². The predicted molar refractivity (Wildman–Crippen MR) is 83.1 cm³/mol. The molecule has 0 saturated carbocycles. The van der Waals surface area contributed by atoms with Crippen LogP contribution in [0.4, 0.5) is 11.5 Å². The molecule has 2 aromatic heterocycles. The first kappa shape index (κ1) is 14.8. The van der Waals surface area contributed by atoms with Gasteiger partial charge in [0.1, 0.15) is 17.8 Å². The topological polar surface area (TPSA) is 72.4 Å². The highest BCUT2D eigenvalue weighted by Gasteiger charge is 2.32. The zero-order chi connectivity index (χ0) is 15.7. The third-order valence-electron chi connectivity index (χ3n) is 4.03. The summed E-state index contributed by atoms with van der Waals surface area (Å²) in [7, 11) is 0. The second-order valence-electron chi connectivity index (χ2n) is 5.61. The Bertz CT molecular complexity index is 675. The summed E-state index contributed by atoms with van der Waals surface area (Å²) >= 11 is 6.23. The average Bonchev–Trinajstić information content (AvgIpc) is 3.01. The maximum atomic E-state index is 10.8. The number of pyridine rings is 1. The molecular weight excluding hydrogens is 306 g/mol. The molecule has 0 amide bonds. The van der Waals surface area contributed by atoms with E-state index < -0.39 is 4.92 Å². The van der Waals surface area contributed by atoms with Crippen LogP contribution in [0, 0.1) is 16.0 Å². The molecule has 2 aromatic rings. The van der Waals surface area contributed by atoms with Gasteiger partial charge in [-0.15, -0.1) is 0 Å². The second kappa shape index (κ2) is 5.96. The fourth-order valence-electron chi connectivity index (χ4n) is 2.88. The van der Waals surface area contributed by atoms with Gasteiger partial charge < -0.3 is 9.32 Å². The normalized spacial score (nSPS) is 21.8. The van der Waals surface area contributed by atoms with E-state index in [0.717, 1.165) is 25.1 Å². The SMILES string of the molecule is C[C@H]1CCN(c2ncc([N+](=O)[O-])cc2Cl)[C@@H](c2ccco2)C1. The van der Waals surface area contributed by atoms with Gasteiger partial charge in [0.2, 0.25) is 0 Å². The van der Waals surface area contributed by atoms with Crippen LogP contribution in [0.2, 0.25) is 5.02 Å². The van der Waals surface area contributed by atoms with Crippen LogP contribution in [-0.2, 0) is 0 Å². The zero-order valence-corrected chi connectivity index (χ0v) is 12.9. The summed E-state index contributed by atoms with van der Waals surface area (Å²) < 4.78 is 5.55. The number of nitro groups is 1. The largest absolute Gasteiger partial charge is 0.467 e. The van der Waals surface area contributed by atoms with Crippen molar-refractivity contribution in [3.05, 3.63) is 51.6 Å². The molecule has 0 unspecified atom stereocenters. The van der Waals surface area contributed by atoms with E-state index in [1.807, 2.05) is 12.1 Å². The fraction of sp³-hybridized carbons (Fsp3) is 0.400. The molecule has 0 N–H and O–H groups in total. The molecular formula is C15H16ClN3O3. The number of hydrogen-bond donors (Lipinski definition) is 0. The minimum atomic E-state index is -0.495. The van der Waals surface area contributed by atoms with Crippen molar-refractivity contribution < 1.29 is 9.34 Å². The highest BCUT2D eigenvalue weighted by molar-refractivity contribution is 6.33. The van der Waals surface area contributed by atoms with Crippen LogP contribution >= 0.6 is 11.6 Å². The van der Waals surface area contributed by atoms with Gasteiger partial charge in [0.25, 0.3) is 5.69 Å². The molecule has 3 rings (SSSR count). The lowest BCUT2D eigenvalue weighted by Crippen LogP contribution is -2.36. The van der Waals surface area contributed by atoms with Crippen molar-refractivity contribution in [2.24, 2.45) is 5.92 Å². The van der Waals surface area contributed by atoms with Crippen LogP contribution in [0.3, 0.4) is 0 Å². The van der Waals surface area contributed by atoms with Crippen molar-refractivity contribution in [2.75, 3.05) is 11.4 Å². The van der Waals surface area contributed by atoms with Crippen LogP contribution in [0.25, 0.3) is 0 Å². The maximum absolute atomic E-state index is 10.8. The van der Waals surface area contributed by atoms with Gasteiger partial charge in [-0.1, -0.05) is 18.5 Å². The van der Waals surface area contributed by atoms with Crippen molar-refractivity contribution in [1.82, 2.24) is 4.98 Å². The van der Waals surface area contributed by atoms with Gasteiger partial charge in [-0.05, 0) is 30.9 Å².